The van der Waals surface area contributed by atoms with E-state index in [0.29, 0.717) is 6.07 Å². The van der Waals surface area contributed by atoms with Gasteiger partial charge in [0.25, 0.3) is 5.69 Å². The molecule has 0 radical (unpaired) electrons. The van der Waals surface area contributed by atoms with E-state index in [4.69, 9.17) is 0 Å². The van der Waals surface area contributed by atoms with Crippen LogP contribution in [0.1, 0.15) is 18.4 Å². The smallest absolute Gasteiger partial charge is 0.377 e. The monoisotopic (exact) mass is 246 g/mol. The molecule has 1 N–H and O–H groups in total. The Morgan fingerprint density at radius 2 is 2.00 bits per heavy atom. The zero-order valence-electron chi connectivity index (χ0n) is 8.62. The molecule has 0 aliphatic heterocycles. The van der Waals surface area contributed by atoms with Crippen molar-refractivity contribution in [3.63, 3.8) is 0 Å². The fraction of sp³-hybridized carbons (Fsp3) is 0.400. The van der Waals surface area contributed by atoms with Crippen molar-refractivity contribution in [2.75, 3.05) is 5.32 Å². The lowest BCUT2D eigenvalue weighted by molar-refractivity contribution is -0.384. The molecule has 1 aliphatic carbocycles. The molecule has 1 aromatic carbocycles. The standard InChI is InChI=1S/C10H9F3N2O2/c11-10(12,13)6-1-4-8(14-7-2-3-7)9(5-6)15(16)17/h1,4-5,7,14H,2-3H2. The van der Waals surface area contributed by atoms with Gasteiger partial charge in [-0.05, 0) is 25.0 Å². The third-order valence-electron chi connectivity index (χ3n) is 2.46. The van der Waals surface area contributed by atoms with Gasteiger partial charge in [0.15, 0.2) is 0 Å². The maximum Gasteiger partial charge on any atom is 0.416 e. The second-order valence-electron chi connectivity index (χ2n) is 3.91. The molecule has 0 saturated heterocycles. The lowest BCUT2D eigenvalue weighted by atomic mass is 10.1. The van der Waals surface area contributed by atoms with E-state index in [9.17, 15) is 23.3 Å². The maximum absolute atomic E-state index is 12.4. The summed E-state index contributed by atoms with van der Waals surface area (Å²) in [5, 5.41) is 13.5. The summed E-state index contributed by atoms with van der Waals surface area (Å²) >= 11 is 0. The minimum absolute atomic E-state index is 0.144. The first-order valence-electron chi connectivity index (χ1n) is 5.00. The van der Waals surface area contributed by atoms with Crippen LogP contribution in [0.25, 0.3) is 0 Å². The number of nitro groups is 1. The highest BCUT2D eigenvalue weighted by Gasteiger charge is 2.33. The molecular formula is C10H9F3N2O2. The second kappa shape index (κ2) is 3.90. The van der Waals surface area contributed by atoms with Crippen molar-refractivity contribution in [3.8, 4) is 0 Å². The van der Waals surface area contributed by atoms with E-state index in [0.717, 1.165) is 25.0 Å². The molecular weight excluding hydrogens is 237 g/mol. The zero-order valence-corrected chi connectivity index (χ0v) is 8.62. The Balaban J connectivity index is 2.36. The quantitative estimate of drug-likeness (QED) is 0.658. The van der Waals surface area contributed by atoms with Crippen LogP contribution in [-0.2, 0) is 6.18 Å². The third-order valence-corrected chi connectivity index (χ3v) is 2.46. The summed E-state index contributed by atoms with van der Waals surface area (Å²) in [4.78, 5) is 9.90. The molecule has 0 atom stereocenters. The molecule has 92 valence electrons. The number of benzene rings is 1. The van der Waals surface area contributed by atoms with Gasteiger partial charge in [-0.15, -0.1) is 0 Å². The number of nitro benzene ring substituents is 1. The third kappa shape index (κ3) is 2.66. The van der Waals surface area contributed by atoms with Crippen LogP contribution in [0.15, 0.2) is 18.2 Å². The Labute approximate surface area is 94.6 Å². The highest BCUT2D eigenvalue weighted by atomic mass is 19.4. The number of anilines is 1. The Morgan fingerprint density at radius 3 is 2.47 bits per heavy atom. The van der Waals surface area contributed by atoms with E-state index in [1.807, 2.05) is 0 Å². The average Bonchev–Trinajstić information content (AvgIpc) is 3.00. The molecule has 0 bridgehead atoms. The van der Waals surface area contributed by atoms with E-state index >= 15 is 0 Å². The number of alkyl halides is 3. The first kappa shape index (κ1) is 11.7. The maximum atomic E-state index is 12.4. The second-order valence-corrected chi connectivity index (χ2v) is 3.91. The molecule has 1 fully saturated rings. The van der Waals surface area contributed by atoms with Gasteiger partial charge in [-0.3, -0.25) is 10.1 Å². The van der Waals surface area contributed by atoms with Gasteiger partial charge in [0.2, 0.25) is 0 Å². The van der Waals surface area contributed by atoms with Gasteiger partial charge in [-0.1, -0.05) is 0 Å². The SMILES string of the molecule is O=[N+]([O-])c1cc(C(F)(F)F)ccc1NC1CC1. The fourth-order valence-electron chi connectivity index (χ4n) is 1.43. The lowest BCUT2D eigenvalue weighted by Gasteiger charge is -2.09. The molecule has 4 nitrogen and oxygen atoms in total. The van der Waals surface area contributed by atoms with Gasteiger partial charge in [-0.2, -0.15) is 13.2 Å². The van der Waals surface area contributed by atoms with Crippen molar-refractivity contribution in [3.05, 3.63) is 33.9 Å². The predicted molar refractivity (Wildman–Crippen MR) is 54.7 cm³/mol. The molecule has 0 aromatic heterocycles. The van der Waals surface area contributed by atoms with Crippen LogP contribution in [-0.4, -0.2) is 11.0 Å². The fourth-order valence-corrected chi connectivity index (χ4v) is 1.43. The van der Waals surface area contributed by atoms with Crippen LogP contribution >= 0.6 is 0 Å². The number of halogens is 3. The van der Waals surface area contributed by atoms with Crippen LogP contribution in [0, 0.1) is 10.1 Å². The summed E-state index contributed by atoms with van der Waals surface area (Å²) in [5.74, 6) is 0. The first-order valence-corrected chi connectivity index (χ1v) is 5.00. The largest absolute Gasteiger partial charge is 0.416 e. The highest BCUT2D eigenvalue weighted by Crippen LogP contribution is 2.36. The van der Waals surface area contributed by atoms with Crippen molar-refractivity contribution in [1.29, 1.82) is 0 Å². The molecule has 0 unspecified atom stereocenters. The number of hydrogen-bond donors (Lipinski definition) is 1. The van der Waals surface area contributed by atoms with Gasteiger partial charge in [0.1, 0.15) is 5.69 Å². The average molecular weight is 246 g/mol. The van der Waals surface area contributed by atoms with E-state index in [2.05, 4.69) is 5.32 Å². The Bertz CT molecular complexity index is 455. The van der Waals surface area contributed by atoms with E-state index in [1.165, 1.54) is 0 Å². The minimum atomic E-state index is -4.57. The van der Waals surface area contributed by atoms with Gasteiger partial charge < -0.3 is 5.32 Å². The number of hydrogen-bond acceptors (Lipinski definition) is 3. The van der Waals surface area contributed by atoms with Crippen LogP contribution in [0.3, 0.4) is 0 Å². The molecule has 17 heavy (non-hydrogen) atoms. The summed E-state index contributed by atoms with van der Waals surface area (Å²) in [6.07, 6.45) is -2.79. The zero-order chi connectivity index (χ0) is 12.6. The summed E-state index contributed by atoms with van der Waals surface area (Å²) in [5.41, 5.74) is -1.40. The van der Waals surface area contributed by atoms with Gasteiger partial charge in [0, 0.05) is 12.1 Å². The molecule has 0 spiro atoms. The molecule has 0 heterocycles. The van der Waals surface area contributed by atoms with Crippen LogP contribution in [0.4, 0.5) is 24.5 Å². The van der Waals surface area contributed by atoms with E-state index in [1.54, 1.807) is 0 Å². The molecule has 2 rings (SSSR count). The van der Waals surface area contributed by atoms with Crippen molar-refractivity contribution < 1.29 is 18.1 Å². The topological polar surface area (TPSA) is 55.2 Å². The van der Waals surface area contributed by atoms with Crippen molar-refractivity contribution >= 4 is 11.4 Å². The van der Waals surface area contributed by atoms with Crippen molar-refractivity contribution in [2.24, 2.45) is 0 Å². The Hall–Kier alpha value is -1.79. The predicted octanol–water partition coefficient (Wildman–Crippen LogP) is 3.19. The molecule has 1 aromatic rings. The number of nitrogens with zero attached hydrogens (tertiary/aromatic N) is 1. The Kier molecular flexibility index (Phi) is 2.68. The molecule has 1 saturated carbocycles. The molecule has 1 aliphatic rings. The van der Waals surface area contributed by atoms with Crippen molar-refractivity contribution in [1.82, 2.24) is 0 Å². The minimum Gasteiger partial charge on any atom is -0.377 e. The summed E-state index contributed by atoms with van der Waals surface area (Å²) in [7, 11) is 0. The van der Waals surface area contributed by atoms with Crippen LogP contribution in [0.5, 0.6) is 0 Å². The first-order chi connectivity index (χ1) is 7.88. The lowest BCUT2D eigenvalue weighted by Crippen LogP contribution is -2.08. The van der Waals surface area contributed by atoms with Crippen molar-refractivity contribution in [2.45, 2.75) is 25.1 Å². The highest BCUT2D eigenvalue weighted by molar-refractivity contribution is 5.63. The molecule has 7 heteroatoms. The number of rotatable bonds is 3. The van der Waals surface area contributed by atoms with Crippen LogP contribution < -0.4 is 5.32 Å². The Morgan fingerprint density at radius 1 is 1.35 bits per heavy atom. The summed E-state index contributed by atoms with van der Waals surface area (Å²) < 4.78 is 37.2. The number of nitrogens with one attached hydrogen (secondary N) is 1. The van der Waals surface area contributed by atoms with Crippen LogP contribution in [0.2, 0.25) is 0 Å². The summed E-state index contributed by atoms with van der Waals surface area (Å²) in [6, 6.07) is 2.66. The molecule has 0 amide bonds. The van der Waals surface area contributed by atoms with Gasteiger partial charge >= 0.3 is 6.18 Å². The normalized spacial score (nSPS) is 15.7. The van der Waals surface area contributed by atoms with Gasteiger partial charge in [-0.25, -0.2) is 0 Å². The van der Waals surface area contributed by atoms with E-state index < -0.39 is 22.4 Å². The van der Waals surface area contributed by atoms with Gasteiger partial charge in [0.05, 0.1) is 10.5 Å². The summed E-state index contributed by atoms with van der Waals surface area (Å²) in [6.45, 7) is 0. The van der Waals surface area contributed by atoms with E-state index in [-0.39, 0.29) is 11.7 Å².